The van der Waals surface area contributed by atoms with Gasteiger partial charge in [-0.1, -0.05) is 61.7 Å². The standard InChI is InChI=1S/C26H34FN3OS/c1-20(12-13-21-8-4-2-5-9-21)29-25(31)18-28-26(32)30(24-10-6-3-7-11-24)19-22-14-16-23(27)17-15-22/h2,4-5,8-9,14-17,20,24H,3,6-7,10-13,18-19H2,1H3,(H,28,32)(H,29,31)/t20-/m0/s1. The third-order valence-corrected chi connectivity index (χ3v) is 6.44. The molecule has 1 aliphatic rings. The van der Waals surface area contributed by atoms with Gasteiger partial charge < -0.3 is 15.5 Å². The summed E-state index contributed by atoms with van der Waals surface area (Å²) in [5, 5.41) is 6.81. The first-order chi connectivity index (χ1) is 15.5. The third-order valence-electron chi connectivity index (χ3n) is 6.06. The van der Waals surface area contributed by atoms with Crippen molar-refractivity contribution in [3.05, 3.63) is 71.5 Å². The fraction of sp³-hybridized carbons (Fsp3) is 0.462. The third kappa shape index (κ3) is 7.90. The Balaban J connectivity index is 1.49. The van der Waals surface area contributed by atoms with Gasteiger partial charge in [0.1, 0.15) is 5.82 Å². The summed E-state index contributed by atoms with van der Waals surface area (Å²) >= 11 is 5.69. The summed E-state index contributed by atoms with van der Waals surface area (Å²) in [5.74, 6) is -0.296. The van der Waals surface area contributed by atoms with Crippen molar-refractivity contribution in [3.63, 3.8) is 0 Å². The minimum atomic E-state index is -0.239. The SMILES string of the molecule is C[C@@H](CCc1ccccc1)NC(=O)CNC(=S)N(Cc1ccc(F)cc1)C1CCCCC1. The maximum Gasteiger partial charge on any atom is 0.239 e. The smallest absolute Gasteiger partial charge is 0.239 e. The van der Waals surface area contributed by atoms with Crippen molar-refractivity contribution in [1.82, 2.24) is 15.5 Å². The van der Waals surface area contributed by atoms with E-state index < -0.39 is 0 Å². The predicted molar refractivity (Wildman–Crippen MR) is 132 cm³/mol. The number of hydrogen-bond donors (Lipinski definition) is 2. The number of carbonyl (C=O) groups excluding carboxylic acids is 1. The van der Waals surface area contributed by atoms with Crippen molar-refractivity contribution in [3.8, 4) is 0 Å². The molecule has 6 heteroatoms. The average molecular weight is 456 g/mol. The number of thiocarbonyl (C=S) groups is 1. The van der Waals surface area contributed by atoms with E-state index in [1.165, 1.54) is 37.0 Å². The molecule has 1 fully saturated rings. The van der Waals surface area contributed by atoms with Gasteiger partial charge in [-0.05, 0) is 68.1 Å². The molecule has 0 heterocycles. The predicted octanol–water partition coefficient (Wildman–Crippen LogP) is 4.97. The van der Waals surface area contributed by atoms with Crippen LogP contribution < -0.4 is 10.6 Å². The molecule has 32 heavy (non-hydrogen) atoms. The lowest BCUT2D eigenvalue weighted by Crippen LogP contribution is -2.49. The van der Waals surface area contributed by atoms with Crippen LogP contribution in [0.25, 0.3) is 0 Å². The summed E-state index contributed by atoms with van der Waals surface area (Å²) in [6, 6.07) is 17.3. The Morgan fingerprint density at radius 2 is 1.75 bits per heavy atom. The second kappa shape index (κ2) is 12.5. The largest absolute Gasteiger partial charge is 0.353 e. The molecular formula is C26H34FN3OS. The topological polar surface area (TPSA) is 44.4 Å². The molecule has 0 bridgehead atoms. The molecule has 0 aromatic heterocycles. The summed E-state index contributed by atoms with van der Waals surface area (Å²) in [6.07, 6.45) is 7.63. The lowest BCUT2D eigenvalue weighted by atomic mass is 9.94. The fourth-order valence-corrected chi connectivity index (χ4v) is 4.52. The molecule has 0 aliphatic heterocycles. The summed E-state index contributed by atoms with van der Waals surface area (Å²) in [7, 11) is 0. The molecule has 0 saturated heterocycles. The Bertz CT molecular complexity index is 853. The van der Waals surface area contributed by atoms with Crippen LogP contribution in [0.1, 0.15) is 56.6 Å². The maximum absolute atomic E-state index is 13.3. The monoisotopic (exact) mass is 455 g/mol. The highest BCUT2D eigenvalue weighted by Gasteiger charge is 2.24. The molecule has 1 amide bonds. The van der Waals surface area contributed by atoms with E-state index in [1.54, 1.807) is 12.1 Å². The van der Waals surface area contributed by atoms with Crippen molar-refractivity contribution in [2.45, 2.75) is 70.5 Å². The van der Waals surface area contributed by atoms with E-state index in [0.29, 0.717) is 17.7 Å². The Hall–Kier alpha value is -2.47. The highest BCUT2D eigenvalue weighted by molar-refractivity contribution is 7.80. The minimum Gasteiger partial charge on any atom is -0.353 e. The molecule has 0 unspecified atom stereocenters. The molecule has 1 atom stereocenters. The van der Waals surface area contributed by atoms with Crippen LogP contribution in [0, 0.1) is 5.82 Å². The van der Waals surface area contributed by atoms with Gasteiger partial charge in [-0.2, -0.15) is 0 Å². The number of benzene rings is 2. The van der Waals surface area contributed by atoms with Gasteiger partial charge in [-0.25, -0.2) is 4.39 Å². The van der Waals surface area contributed by atoms with Crippen molar-refractivity contribution < 1.29 is 9.18 Å². The highest BCUT2D eigenvalue weighted by Crippen LogP contribution is 2.24. The number of carbonyl (C=O) groups is 1. The maximum atomic E-state index is 13.3. The summed E-state index contributed by atoms with van der Waals surface area (Å²) < 4.78 is 13.3. The van der Waals surface area contributed by atoms with Crippen molar-refractivity contribution in [2.75, 3.05) is 6.54 Å². The number of aryl methyl sites for hydroxylation is 1. The Kier molecular flexibility index (Phi) is 9.47. The van der Waals surface area contributed by atoms with Crippen LogP contribution in [-0.2, 0) is 17.8 Å². The van der Waals surface area contributed by atoms with Gasteiger partial charge in [-0.15, -0.1) is 0 Å². The Morgan fingerprint density at radius 1 is 1.06 bits per heavy atom. The zero-order chi connectivity index (χ0) is 22.8. The van der Waals surface area contributed by atoms with Gasteiger partial charge in [0.05, 0.1) is 6.54 Å². The number of rotatable bonds is 9. The van der Waals surface area contributed by atoms with Crippen LogP contribution in [0.3, 0.4) is 0 Å². The van der Waals surface area contributed by atoms with Gasteiger partial charge in [0.15, 0.2) is 5.11 Å². The second-order valence-corrected chi connectivity index (χ2v) is 9.08. The minimum absolute atomic E-state index is 0.0571. The number of halogens is 1. The van der Waals surface area contributed by atoms with E-state index in [2.05, 4.69) is 27.7 Å². The molecular weight excluding hydrogens is 421 g/mol. The lowest BCUT2D eigenvalue weighted by Gasteiger charge is -2.36. The molecule has 1 saturated carbocycles. The zero-order valence-electron chi connectivity index (χ0n) is 18.9. The molecule has 2 aromatic carbocycles. The van der Waals surface area contributed by atoms with E-state index >= 15 is 0 Å². The molecule has 0 radical (unpaired) electrons. The van der Waals surface area contributed by atoms with Crippen LogP contribution >= 0.6 is 12.2 Å². The first-order valence-electron chi connectivity index (χ1n) is 11.6. The molecule has 3 rings (SSSR count). The zero-order valence-corrected chi connectivity index (χ0v) is 19.7. The van der Waals surface area contributed by atoms with E-state index in [4.69, 9.17) is 12.2 Å². The van der Waals surface area contributed by atoms with Gasteiger partial charge in [-0.3, -0.25) is 4.79 Å². The Labute approximate surface area is 196 Å². The van der Waals surface area contributed by atoms with Crippen LogP contribution in [-0.4, -0.2) is 34.5 Å². The molecule has 4 nitrogen and oxygen atoms in total. The molecule has 1 aliphatic carbocycles. The van der Waals surface area contributed by atoms with Crippen molar-refractivity contribution in [1.29, 1.82) is 0 Å². The number of nitrogens with one attached hydrogen (secondary N) is 2. The quantitative estimate of drug-likeness (QED) is 0.524. The van der Waals surface area contributed by atoms with E-state index in [-0.39, 0.29) is 24.3 Å². The molecule has 2 N–H and O–H groups in total. The van der Waals surface area contributed by atoms with E-state index in [1.807, 2.05) is 25.1 Å². The summed E-state index contributed by atoms with van der Waals surface area (Å²) in [5.41, 5.74) is 2.29. The van der Waals surface area contributed by atoms with Gasteiger partial charge >= 0.3 is 0 Å². The highest BCUT2D eigenvalue weighted by atomic mass is 32.1. The van der Waals surface area contributed by atoms with Gasteiger partial charge in [0.25, 0.3) is 0 Å². The second-order valence-electron chi connectivity index (χ2n) is 8.70. The first kappa shape index (κ1) is 24.2. The lowest BCUT2D eigenvalue weighted by molar-refractivity contribution is -0.120. The van der Waals surface area contributed by atoms with Crippen LogP contribution in [0.2, 0.25) is 0 Å². The summed E-state index contributed by atoms with van der Waals surface area (Å²) in [6.45, 7) is 2.80. The van der Waals surface area contributed by atoms with Gasteiger partial charge in [0.2, 0.25) is 5.91 Å². The van der Waals surface area contributed by atoms with Crippen LogP contribution in [0.15, 0.2) is 54.6 Å². The average Bonchev–Trinajstić information content (AvgIpc) is 2.82. The number of hydrogen-bond acceptors (Lipinski definition) is 2. The van der Waals surface area contributed by atoms with Crippen LogP contribution in [0.4, 0.5) is 4.39 Å². The molecule has 0 spiro atoms. The van der Waals surface area contributed by atoms with Crippen molar-refractivity contribution in [2.24, 2.45) is 0 Å². The fourth-order valence-electron chi connectivity index (χ4n) is 4.23. The normalized spacial score (nSPS) is 15.1. The van der Waals surface area contributed by atoms with Crippen LogP contribution in [0.5, 0.6) is 0 Å². The van der Waals surface area contributed by atoms with Crippen molar-refractivity contribution >= 4 is 23.2 Å². The summed E-state index contributed by atoms with van der Waals surface area (Å²) in [4.78, 5) is 14.6. The van der Waals surface area contributed by atoms with E-state index in [9.17, 15) is 9.18 Å². The molecule has 172 valence electrons. The Morgan fingerprint density at radius 3 is 2.44 bits per heavy atom. The molecule has 2 aromatic rings. The number of nitrogens with zero attached hydrogens (tertiary/aromatic N) is 1. The number of amides is 1. The van der Waals surface area contributed by atoms with Gasteiger partial charge in [0, 0.05) is 18.6 Å². The van der Waals surface area contributed by atoms with E-state index in [0.717, 1.165) is 31.2 Å². The first-order valence-corrected chi connectivity index (χ1v) is 12.0.